The van der Waals surface area contributed by atoms with Gasteiger partial charge >= 0.3 is 5.69 Å². The Balaban J connectivity index is 1.57. The molecular formula is C23H27N6O3+. The number of pyridine rings is 1. The van der Waals surface area contributed by atoms with Crippen molar-refractivity contribution in [1.29, 1.82) is 0 Å². The summed E-state index contributed by atoms with van der Waals surface area (Å²) in [5, 5.41) is 5.04. The fraction of sp³-hybridized carbons (Fsp3) is 0.391. The lowest BCUT2D eigenvalue weighted by molar-refractivity contribution is -0.345. The fourth-order valence-electron chi connectivity index (χ4n) is 4.47. The molecule has 5 rings (SSSR count). The van der Waals surface area contributed by atoms with Gasteiger partial charge in [-0.3, -0.25) is 9.47 Å². The number of rotatable bonds is 5. The third kappa shape index (κ3) is 3.85. The van der Waals surface area contributed by atoms with Crippen molar-refractivity contribution >= 4 is 16.7 Å². The molecule has 0 spiro atoms. The molecule has 0 unspecified atom stereocenters. The molecule has 9 nitrogen and oxygen atoms in total. The third-order valence-electron chi connectivity index (χ3n) is 5.82. The number of aromatic nitrogens is 5. The van der Waals surface area contributed by atoms with Crippen molar-refractivity contribution in [2.24, 2.45) is 0 Å². The number of nitrogens with one attached hydrogen (secondary N) is 1. The normalized spacial score (nSPS) is 19.6. The minimum Gasteiger partial charge on any atom is -0.497 e. The molecule has 1 saturated heterocycles. The summed E-state index contributed by atoms with van der Waals surface area (Å²) >= 11 is 0. The van der Waals surface area contributed by atoms with Gasteiger partial charge in [0.15, 0.2) is 5.65 Å². The lowest BCUT2D eigenvalue weighted by Crippen LogP contribution is -2.45. The Hall–Kier alpha value is -3.30. The second-order valence-corrected chi connectivity index (χ2v) is 8.39. The van der Waals surface area contributed by atoms with Crippen molar-refractivity contribution in [2.45, 2.75) is 39.1 Å². The molecule has 0 saturated carbocycles. The number of ether oxygens (including phenoxy) is 2. The molecule has 166 valence electrons. The van der Waals surface area contributed by atoms with E-state index in [1.165, 1.54) is 10.8 Å². The van der Waals surface area contributed by atoms with Crippen LogP contribution in [0.15, 0.2) is 47.5 Å². The first kappa shape index (κ1) is 20.6. The summed E-state index contributed by atoms with van der Waals surface area (Å²) in [5.74, 6) is 0.775. The van der Waals surface area contributed by atoms with Gasteiger partial charge in [-0.25, -0.2) is 14.8 Å². The van der Waals surface area contributed by atoms with Gasteiger partial charge < -0.3 is 9.47 Å². The van der Waals surface area contributed by atoms with E-state index in [0.29, 0.717) is 24.4 Å². The molecule has 4 heterocycles. The molecule has 0 bridgehead atoms. The maximum absolute atomic E-state index is 13.3. The van der Waals surface area contributed by atoms with E-state index in [4.69, 9.17) is 14.5 Å². The second kappa shape index (κ2) is 8.33. The number of morpholine rings is 1. The highest BCUT2D eigenvalue weighted by Crippen LogP contribution is 2.19. The zero-order chi connectivity index (χ0) is 22.2. The predicted molar refractivity (Wildman–Crippen MR) is 119 cm³/mol. The van der Waals surface area contributed by atoms with Crippen molar-refractivity contribution in [3.05, 3.63) is 64.5 Å². The van der Waals surface area contributed by atoms with Gasteiger partial charge in [-0.05, 0) is 48.2 Å². The van der Waals surface area contributed by atoms with E-state index in [-0.39, 0.29) is 17.9 Å². The fourth-order valence-corrected chi connectivity index (χ4v) is 4.47. The number of H-pyrrole nitrogens is 1. The Morgan fingerprint density at radius 3 is 2.56 bits per heavy atom. The first-order chi connectivity index (χ1) is 15.5. The number of fused-ring (bicyclic) bond motifs is 3. The zero-order valence-corrected chi connectivity index (χ0v) is 18.5. The highest BCUT2D eigenvalue weighted by atomic mass is 16.5. The molecule has 1 N–H and O–H groups in total. The van der Waals surface area contributed by atoms with Gasteiger partial charge in [0.25, 0.3) is 12.0 Å². The predicted octanol–water partition coefficient (Wildman–Crippen LogP) is 1.52. The first-order valence-corrected chi connectivity index (χ1v) is 10.8. The number of hydrogen-bond donors (Lipinski definition) is 0. The highest BCUT2D eigenvalue weighted by Gasteiger charge is 2.24. The van der Waals surface area contributed by atoms with Crippen molar-refractivity contribution in [2.75, 3.05) is 20.2 Å². The summed E-state index contributed by atoms with van der Waals surface area (Å²) in [6.45, 7) is 7.00. The molecule has 1 fully saturated rings. The molecule has 9 heteroatoms. The maximum Gasteiger partial charge on any atom is 0.425 e. The maximum atomic E-state index is 13.3. The van der Waals surface area contributed by atoms with E-state index < -0.39 is 0 Å². The Morgan fingerprint density at radius 1 is 1.09 bits per heavy atom. The van der Waals surface area contributed by atoms with Gasteiger partial charge in [0.05, 0.1) is 36.9 Å². The third-order valence-corrected chi connectivity index (χ3v) is 5.82. The van der Waals surface area contributed by atoms with Crippen LogP contribution in [0.4, 0.5) is 0 Å². The number of hydrogen-bond acceptors (Lipinski definition) is 6. The van der Waals surface area contributed by atoms with Crippen molar-refractivity contribution in [1.82, 2.24) is 24.1 Å². The molecule has 1 aliphatic rings. The number of aromatic amines is 1. The second-order valence-electron chi connectivity index (χ2n) is 8.39. The van der Waals surface area contributed by atoms with E-state index in [1.54, 1.807) is 11.7 Å². The number of benzene rings is 1. The lowest BCUT2D eigenvalue weighted by Gasteiger charge is -2.35. The van der Waals surface area contributed by atoms with Gasteiger partial charge in [0.1, 0.15) is 5.75 Å². The largest absolute Gasteiger partial charge is 0.497 e. The zero-order valence-electron chi connectivity index (χ0n) is 18.5. The molecule has 1 aliphatic heterocycles. The van der Waals surface area contributed by atoms with Crippen molar-refractivity contribution in [3.63, 3.8) is 0 Å². The van der Waals surface area contributed by atoms with E-state index in [2.05, 4.69) is 28.8 Å². The van der Waals surface area contributed by atoms with Crippen LogP contribution in [0, 0.1) is 0 Å². The molecule has 0 aliphatic carbocycles. The van der Waals surface area contributed by atoms with Crippen molar-refractivity contribution < 1.29 is 14.5 Å². The number of nitrogens with zero attached hydrogens (tertiary/aromatic N) is 5. The van der Waals surface area contributed by atoms with Gasteiger partial charge in [0.2, 0.25) is 0 Å². The van der Waals surface area contributed by atoms with Crippen molar-refractivity contribution in [3.8, 4) is 5.75 Å². The van der Waals surface area contributed by atoms with E-state index >= 15 is 0 Å². The van der Waals surface area contributed by atoms with E-state index in [0.717, 1.165) is 35.5 Å². The van der Waals surface area contributed by atoms with Gasteiger partial charge in [0, 0.05) is 24.7 Å². The average Bonchev–Trinajstić information content (AvgIpc) is 3.27. The quantitative estimate of drug-likeness (QED) is 0.472. The minimum atomic E-state index is -0.233. The Labute approximate surface area is 185 Å². The van der Waals surface area contributed by atoms with E-state index in [9.17, 15) is 4.79 Å². The van der Waals surface area contributed by atoms with Gasteiger partial charge in [-0.2, -0.15) is 0 Å². The highest BCUT2D eigenvalue weighted by molar-refractivity contribution is 5.87. The van der Waals surface area contributed by atoms with Crippen LogP contribution in [-0.4, -0.2) is 56.5 Å². The van der Waals surface area contributed by atoms with Crippen LogP contribution < -0.4 is 15.4 Å². The minimum absolute atomic E-state index is 0.188. The van der Waals surface area contributed by atoms with E-state index in [1.807, 2.05) is 36.4 Å². The smallest absolute Gasteiger partial charge is 0.425 e. The topological polar surface area (TPSA) is 88.0 Å². The SMILES string of the molecule is COc1ccc(Cn2c(=O)n3nc[nH+]c3c3ccc(CN4C[C@@H](C)O[C@@H](C)C4)nc32)cc1. The molecule has 3 aromatic heterocycles. The summed E-state index contributed by atoms with van der Waals surface area (Å²) in [6.07, 6.45) is 1.90. The van der Waals surface area contributed by atoms with Crippen LogP contribution in [0.2, 0.25) is 0 Å². The summed E-state index contributed by atoms with van der Waals surface area (Å²) in [5.41, 5.74) is 2.95. The van der Waals surface area contributed by atoms with Crippen LogP contribution >= 0.6 is 0 Å². The molecule has 1 aromatic carbocycles. The van der Waals surface area contributed by atoms with Crippen LogP contribution in [0.25, 0.3) is 16.7 Å². The average molecular weight is 436 g/mol. The lowest BCUT2D eigenvalue weighted by atomic mass is 10.2. The summed E-state index contributed by atoms with van der Waals surface area (Å²) in [4.78, 5) is 23.6. The molecule has 4 aromatic rings. The summed E-state index contributed by atoms with van der Waals surface area (Å²) in [6, 6.07) is 11.7. The Kier molecular flexibility index (Phi) is 5.36. The summed E-state index contributed by atoms with van der Waals surface area (Å²) in [7, 11) is 1.64. The van der Waals surface area contributed by atoms with Crippen LogP contribution in [0.1, 0.15) is 25.1 Å². The molecular weight excluding hydrogens is 408 g/mol. The van der Waals surface area contributed by atoms with Crippen LogP contribution in [-0.2, 0) is 17.8 Å². The monoisotopic (exact) mass is 435 g/mol. The van der Waals surface area contributed by atoms with Crippen LogP contribution in [0.5, 0.6) is 5.75 Å². The Morgan fingerprint density at radius 2 is 1.84 bits per heavy atom. The molecule has 0 amide bonds. The van der Waals surface area contributed by atoms with Gasteiger partial charge in [-0.15, -0.1) is 0 Å². The van der Waals surface area contributed by atoms with Crippen LogP contribution in [0.3, 0.4) is 0 Å². The molecule has 32 heavy (non-hydrogen) atoms. The summed E-state index contributed by atoms with van der Waals surface area (Å²) < 4.78 is 14.2. The first-order valence-electron chi connectivity index (χ1n) is 10.8. The Bertz CT molecular complexity index is 1300. The molecule has 2 atom stereocenters. The standard InChI is InChI=1S/C23H26N6O3/c1-15-10-27(11-16(2)32-15)13-18-6-9-20-21-24-14-25-29(21)23(30)28(22(20)26-18)12-17-4-7-19(31-3)8-5-17/h4-9,14-16H,10-13H2,1-3H3/p+1/t15-,16+. The molecule has 0 radical (unpaired) electrons. The number of methoxy groups -OCH3 is 1. The van der Waals surface area contributed by atoms with Gasteiger partial charge in [-0.1, -0.05) is 12.1 Å².